The molecule has 1 unspecified atom stereocenters. The number of nitrogens with one attached hydrogen (secondary N) is 1. The lowest BCUT2D eigenvalue weighted by Gasteiger charge is -2.38. The number of rotatable bonds is 5. The third kappa shape index (κ3) is 3.15. The SMILES string of the molecule is CCC(CO)(NC1CCCCC1)c1ccccc1F. The molecule has 1 saturated carbocycles. The molecule has 3 heteroatoms. The second-order valence-electron chi connectivity index (χ2n) is 5.55. The van der Waals surface area contributed by atoms with Crippen LogP contribution in [0.4, 0.5) is 4.39 Å². The number of aliphatic hydroxyl groups is 1. The Kier molecular flexibility index (Phi) is 4.94. The quantitative estimate of drug-likeness (QED) is 0.855. The van der Waals surface area contributed by atoms with Gasteiger partial charge in [-0.05, 0) is 25.3 Å². The summed E-state index contributed by atoms with van der Waals surface area (Å²) in [7, 11) is 0. The zero-order valence-corrected chi connectivity index (χ0v) is 11.7. The maximum atomic E-state index is 14.1. The zero-order chi connectivity index (χ0) is 13.7. The maximum Gasteiger partial charge on any atom is 0.128 e. The van der Waals surface area contributed by atoms with Crippen LogP contribution >= 0.6 is 0 Å². The molecule has 0 aromatic heterocycles. The van der Waals surface area contributed by atoms with E-state index in [4.69, 9.17) is 0 Å². The summed E-state index contributed by atoms with van der Waals surface area (Å²) in [6.45, 7) is 1.93. The fraction of sp³-hybridized carbons (Fsp3) is 0.625. The second-order valence-corrected chi connectivity index (χ2v) is 5.55. The molecule has 0 radical (unpaired) electrons. The Hall–Kier alpha value is -0.930. The average molecular weight is 265 g/mol. The highest BCUT2D eigenvalue weighted by Gasteiger charge is 2.34. The lowest BCUT2D eigenvalue weighted by atomic mass is 9.84. The van der Waals surface area contributed by atoms with Crippen LogP contribution in [0.15, 0.2) is 24.3 Å². The first-order valence-electron chi connectivity index (χ1n) is 7.35. The van der Waals surface area contributed by atoms with Crippen molar-refractivity contribution in [2.24, 2.45) is 0 Å². The van der Waals surface area contributed by atoms with E-state index in [2.05, 4.69) is 5.32 Å². The van der Waals surface area contributed by atoms with Gasteiger partial charge in [0.1, 0.15) is 5.82 Å². The number of halogens is 1. The van der Waals surface area contributed by atoms with Gasteiger partial charge < -0.3 is 10.4 Å². The predicted octanol–water partition coefficient (Wildman–Crippen LogP) is 3.35. The van der Waals surface area contributed by atoms with E-state index in [1.165, 1.54) is 25.3 Å². The van der Waals surface area contributed by atoms with Crippen molar-refractivity contribution in [2.45, 2.75) is 57.0 Å². The molecule has 106 valence electrons. The van der Waals surface area contributed by atoms with E-state index in [1.807, 2.05) is 13.0 Å². The van der Waals surface area contributed by atoms with E-state index in [-0.39, 0.29) is 12.4 Å². The molecule has 0 amide bonds. The predicted molar refractivity (Wildman–Crippen MR) is 75.5 cm³/mol. The highest BCUT2D eigenvalue weighted by Crippen LogP contribution is 2.30. The minimum Gasteiger partial charge on any atom is -0.394 e. The van der Waals surface area contributed by atoms with Crippen LogP contribution in [0.3, 0.4) is 0 Å². The Balaban J connectivity index is 2.23. The maximum absolute atomic E-state index is 14.1. The van der Waals surface area contributed by atoms with Crippen LogP contribution in [-0.4, -0.2) is 17.8 Å². The molecule has 1 atom stereocenters. The highest BCUT2D eigenvalue weighted by atomic mass is 19.1. The number of hydrogen-bond donors (Lipinski definition) is 2. The standard InChI is InChI=1S/C16H24FNO/c1-2-16(12-19,14-10-6-7-11-15(14)17)18-13-8-4-3-5-9-13/h6-7,10-11,13,18-19H,2-5,8-9,12H2,1H3. The first-order valence-corrected chi connectivity index (χ1v) is 7.35. The summed E-state index contributed by atoms with van der Waals surface area (Å²) in [4.78, 5) is 0. The Bertz CT molecular complexity index is 397. The first kappa shape index (κ1) is 14.5. The van der Waals surface area contributed by atoms with Crippen molar-refractivity contribution in [3.05, 3.63) is 35.6 Å². The van der Waals surface area contributed by atoms with E-state index in [0.717, 1.165) is 12.8 Å². The molecule has 1 aliphatic carbocycles. The summed E-state index contributed by atoms with van der Waals surface area (Å²) >= 11 is 0. The van der Waals surface area contributed by atoms with Crippen LogP contribution in [0.2, 0.25) is 0 Å². The van der Waals surface area contributed by atoms with Crippen LogP contribution in [0.1, 0.15) is 51.0 Å². The molecule has 1 aliphatic rings. The third-order valence-electron chi connectivity index (χ3n) is 4.35. The van der Waals surface area contributed by atoms with Gasteiger partial charge in [-0.3, -0.25) is 0 Å². The molecule has 1 fully saturated rings. The van der Waals surface area contributed by atoms with E-state index in [9.17, 15) is 9.50 Å². The van der Waals surface area contributed by atoms with Crippen molar-refractivity contribution in [1.29, 1.82) is 0 Å². The van der Waals surface area contributed by atoms with Crippen molar-refractivity contribution in [2.75, 3.05) is 6.61 Å². The molecule has 2 N–H and O–H groups in total. The summed E-state index contributed by atoms with van der Waals surface area (Å²) in [5, 5.41) is 13.4. The summed E-state index contributed by atoms with van der Waals surface area (Å²) in [5.41, 5.74) is -0.0570. The summed E-state index contributed by atoms with van der Waals surface area (Å²) in [5.74, 6) is -0.235. The average Bonchev–Trinajstić information content (AvgIpc) is 2.47. The van der Waals surface area contributed by atoms with Crippen LogP contribution in [-0.2, 0) is 5.54 Å². The fourth-order valence-corrected chi connectivity index (χ4v) is 3.10. The molecule has 1 aromatic rings. The van der Waals surface area contributed by atoms with Gasteiger partial charge in [-0.1, -0.05) is 44.4 Å². The summed E-state index contributed by atoms with van der Waals surface area (Å²) in [6, 6.07) is 7.17. The lowest BCUT2D eigenvalue weighted by Crippen LogP contribution is -2.51. The van der Waals surface area contributed by atoms with Crippen molar-refractivity contribution in [1.82, 2.24) is 5.32 Å². The summed E-state index contributed by atoms with van der Waals surface area (Å²) < 4.78 is 14.1. The van der Waals surface area contributed by atoms with Crippen LogP contribution in [0, 0.1) is 5.82 Å². The first-order chi connectivity index (χ1) is 9.22. The van der Waals surface area contributed by atoms with Gasteiger partial charge in [0.15, 0.2) is 0 Å². The Morgan fingerprint density at radius 3 is 2.53 bits per heavy atom. The lowest BCUT2D eigenvalue weighted by molar-refractivity contribution is 0.128. The molecular weight excluding hydrogens is 241 g/mol. The molecule has 1 aromatic carbocycles. The van der Waals surface area contributed by atoms with Gasteiger partial charge >= 0.3 is 0 Å². The van der Waals surface area contributed by atoms with Gasteiger partial charge in [0, 0.05) is 11.6 Å². The molecule has 0 saturated heterocycles. The molecule has 2 nitrogen and oxygen atoms in total. The van der Waals surface area contributed by atoms with Crippen LogP contribution in [0.25, 0.3) is 0 Å². The van der Waals surface area contributed by atoms with Crippen molar-refractivity contribution in [3.63, 3.8) is 0 Å². The molecule has 0 spiro atoms. The third-order valence-corrected chi connectivity index (χ3v) is 4.35. The topological polar surface area (TPSA) is 32.3 Å². The fourth-order valence-electron chi connectivity index (χ4n) is 3.10. The van der Waals surface area contributed by atoms with Gasteiger partial charge in [0.05, 0.1) is 12.1 Å². The largest absolute Gasteiger partial charge is 0.394 e. The minimum absolute atomic E-state index is 0.0685. The molecule has 0 heterocycles. The Morgan fingerprint density at radius 1 is 1.26 bits per heavy atom. The van der Waals surface area contributed by atoms with E-state index < -0.39 is 5.54 Å². The van der Waals surface area contributed by atoms with Crippen molar-refractivity contribution in [3.8, 4) is 0 Å². The van der Waals surface area contributed by atoms with Gasteiger partial charge in [0.25, 0.3) is 0 Å². The van der Waals surface area contributed by atoms with Crippen LogP contribution in [0.5, 0.6) is 0 Å². The highest BCUT2D eigenvalue weighted by molar-refractivity contribution is 5.26. The van der Waals surface area contributed by atoms with Crippen molar-refractivity contribution < 1.29 is 9.50 Å². The monoisotopic (exact) mass is 265 g/mol. The molecule has 2 rings (SSSR count). The molecule has 0 aliphatic heterocycles. The van der Waals surface area contributed by atoms with Gasteiger partial charge in [-0.2, -0.15) is 0 Å². The Labute approximate surface area is 115 Å². The van der Waals surface area contributed by atoms with E-state index >= 15 is 0 Å². The smallest absolute Gasteiger partial charge is 0.128 e. The van der Waals surface area contributed by atoms with Crippen molar-refractivity contribution >= 4 is 0 Å². The van der Waals surface area contributed by atoms with Crippen LogP contribution < -0.4 is 5.32 Å². The molecule has 19 heavy (non-hydrogen) atoms. The number of aliphatic hydroxyl groups excluding tert-OH is 1. The zero-order valence-electron chi connectivity index (χ0n) is 11.7. The minimum atomic E-state index is -0.645. The second kappa shape index (κ2) is 6.49. The Morgan fingerprint density at radius 2 is 1.95 bits per heavy atom. The van der Waals surface area contributed by atoms with Gasteiger partial charge in [-0.15, -0.1) is 0 Å². The van der Waals surface area contributed by atoms with E-state index in [1.54, 1.807) is 12.1 Å². The summed E-state index contributed by atoms with van der Waals surface area (Å²) in [6.07, 6.45) is 6.66. The van der Waals surface area contributed by atoms with Gasteiger partial charge in [-0.25, -0.2) is 4.39 Å². The van der Waals surface area contributed by atoms with Gasteiger partial charge in [0.2, 0.25) is 0 Å². The van der Waals surface area contributed by atoms with E-state index in [0.29, 0.717) is 18.0 Å². The number of hydrogen-bond acceptors (Lipinski definition) is 2. The number of benzene rings is 1. The normalized spacial score (nSPS) is 20.2. The molecular formula is C16H24FNO. The molecule has 0 bridgehead atoms.